The van der Waals surface area contributed by atoms with Gasteiger partial charge in [-0.2, -0.15) is 0 Å². The summed E-state index contributed by atoms with van der Waals surface area (Å²) in [6, 6.07) is 20.2. The van der Waals surface area contributed by atoms with Crippen LogP contribution < -0.4 is 14.8 Å². The second-order valence-electron chi connectivity index (χ2n) is 6.77. The van der Waals surface area contributed by atoms with E-state index in [4.69, 9.17) is 21.1 Å². The van der Waals surface area contributed by atoms with Crippen molar-refractivity contribution < 1.29 is 9.47 Å². The molecular weight excluding hydrogens is 370 g/mol. The van der Waals surface area contributed by atoms with Gasteiger partial charge in [0, 0.05) is 22.8 Å². The predicted octanol–water partition coefficient (Wildman–Crippen LogP) is 6.55. The molecule has 1 N–H and O–H groups in total. The number of ether oxygens (including phenoxy) is 2. The fourth-order valence-corrected chi connectivity index (χ4v) is 3.22. The first-order valence-electron chi connectivity index (χ1n) is 9.50. The summed E-state index contributed by atoms with van der Waals surface area (Å²) in [7, 11) is 0. The number of halogens is 1. The van der Waals surface area contributed by atoms with Crippen LogP contribution in [0.1, 0.15) is 29.2 Å². The van der Waals surface area contributed by atoms with Gasteiger partial charge in [0.05, 0.1) is 6.61 Å². The maximum atomic E-state index is 6.22. The van der Waals surface area contributed by atoms with Crippen LogP contribution in [0, 0.1) is 13.8 Å². The van der Waals surface area contributed by atoms with E-state index in [1.165, 1.54) is 11.1 Å². The average molecular weight is 396 g/mol. The minimum absolute atomic E-state index is 0.403. The SMILES string of the molecule is CCOc1cc(CNc2ccc(C)cc2C)ccc1OCc1ccccc1Cl. The molecule has 0 bridgehead atoms. The molecule has 0 heterocycles. The quantitative estimate of drug-likeness (QED) is 0.469. The number of hydrogen-bond donors (Lipinski definition) is 1. The summed E-state index contributed by atoms with van der Waals surface area (Å²) in [6.45, 7) is 7.89. The van der Waals surface area contributed by atoms with Crippen molar-refractivity contribution >= 4 is 17.3 Å². The minimum Gasteiger partial charge on any atom is -0.490 e. The summed E-state index contributed by atoms with van der Waals surface area (Å²) in [6.07, 6.45) is 0. The Balaban J connectivity index is 1.70. The van der Waals surface area contributed by atoms with E-state index in [1.807, 2.05) is 43.3 Å². The summed E-state index contributed by atoms with van der Waals surface area (Å²) >= 11 is 6.22. The van der Waals surface area contributed by atoms with E-state index < -0.39 is 0 Å². The number of benzene rings is 3. The molecule has 0 aliphatic carbocycles. The molecule has 4 heteroatoms. The molecule has 0 amide bonds. The van der Waals surface area contributed by atoms with Gasteiger partial charge in [-0.3, -0.25) is 0 Å². The zero-order valence-electron chi connectivity index (χ0n) is 16.6. The van der Waals surface area contributed by atoms with Gasteiger partial charge in [-0.05, 0) is 56.2 Å². The summed E-state index contributed by atoms with van der Waals surface area (Å²) < 4.78 is 11.8. The first-order chi connectivity index (χ1) is 13.6. The van der Waals surface area contributed by atoms with Crippen LogP contribution in [-0.4, -0.2) is 6.61 Å². The normalized spacial score (nSPS) is 10.6. The van der Waals surface area contributed by atoms with Gasteiger partial charge in [0.25, 0.3) is 0 Å². The molecule has 3 aromatic carbocycles. The van der Waals surface area contributed by atoms with Crippen LogP contribution in [0.25, 0.3) is 0 Å². The highest BCUT2D eigenvalue weighted by Gasteiger charge is 2.09. The first-order valence-corrected chi connectivity index (χ1v) is 9.87. The van der Waals surface area contributed by atoms with Crippen LogP contribution >= 0.6 is 11.6 Å². The largest absolute Gasteiger partial charge is 0.490 e. The van der Waals surface area contributed by atoms with Gasteiger partial charge in [-0.15, -0.1) is 0 Å². The third-order valence-electron chi connectivity index (χ3n) is 4.51. The lowest BCUT2D eigenvalue weighted by atomic mass is 10.1. The smallest absolute Gasteiger partial charge is 0.161 e. The second-order valence-corrected chi connectivity index (χ2v) is 7.17. The van der Waals surface area contributed by atoms with Crippen molar-refractivity contribution in [1.29, 1.82) is 0 Å². The molecule has 0 saturated heterocycles. The topological polar surface area (TPSA) is 30.5 Å². The third kappa shape index (κ3) is 5.20. The average Bonchev–Trinajstić information content (AvgIpc) is 2.68. The standard InChI is InChI=1S/C24H26ClNO2/c1-4-27-24-14-19(15-26-22-11-9-17(2)13-18(22)3)10-12-23(24)28-16-20-7-5-6-8-21(20)25/h5-14,26H,4,15-16H2,1-3H3. The number of nitrogens with one attached hydrogen (secondary N) is 1. The molecule has 0 radical (unpaired) electrons. The van der Waals surface area contributed by atoms with Crippen LogP contribution in [0.2, 0.25) is 5.02 Å². The number of anilines is 1. The highest BCUT2D eigenvalue weighted by molar-refractivity contribution is 6.31. The van der Waals surface area contributed by atoms with Crippen molar-refractivity contribution in [3.05, 3.63) is 87.9 Å². The molecule has 3 rings (SSSR count). The molecule has 0 fully saturated rings. The van der Waals surface area contributed by atoms with Crippen molar-refractivity contribution in [2.24, 2.45) is 0 Å². The van der Waals surface area contributed by atoms with Gasteiger partial charge in [-0.25, -0.2) is 0 Å². The van der Waals surface area contributed by atoms with Gasteiger partial charge in [-0.1, -0.05) is 53.6 Å². The molecule has 146 valence electrons. The Bertz CT molecular complexity index is 940. The van der Waals surface area contributed by atoms with Crippen LogP contribution in [-0.2, 0) is 13.2 Å². The Kier molecular flexibility index (Phi) is 6.83. The Morgan fingerprint density at radius 1 is 0.893 bits per heavy atom. The van der Waals surface area contributed by atoms with Gasteiger partial charge in [0.15, 0.2) is 11.5 Å². The molecule has 0 atom stereocenters. The predicted molar refractivity (Wildman–Crippen MR) is 117 cm³/mol. The van der Waals surface area contributed by atoms with Crippen molar-refractivity contribution in [3.63, 3.8) is 0 Å². The van der Waals surface area contributed by atoms with E-state index in [9.17, 15) is 0 Å². The van der Waals surface area contributed by atoms with Crippen LogP contribution in [0.3, 0.4) is 0 Å². The number of aryl methyl sites for hydroxylation is 2. The van der Waals surface area contributed by atoms with E-state index in [1.54, 1.807) is 0 Å². The lowest BCUT2D eigenvalue weighted by Crippen LogP contribution is -2.04. The Hall–Kier alpha value is -2.65. The molecule has 0 aromatic heterocycles. The van der Waals surface area contributed by atoms with E-state index >= 15 is 0 Å². The molecule has 3 aromatic rings. The minimum atomic E-state index is 0.403. The van der Waals surface area contributed by atoms with Gasteiger partial charge < -0.3 is 14.8 Å². The number of rotatable bonds is 8. The van der Waals surface area contributed by atoms with Gasteiger partial charge in [0.1, 0.15) is 6.61 Å². The van der Waals surface area contributed by atoms with Gasteiger partial charge >= 0.3 is 0 Å². The summed E-state index contributed by atoms with van der Waals surface area (Å²) in [5, 5.41) is 4.20. The van der Waals surface area contributed by atoms with Crippen molar-refractivity contribution in [2.75, 3.05) is 11.9 Å². The van der Waals surface area contributed by atoms with Crippen LogP contribution in [0.4, 0.5) is 5.69 Å². The highest BCUT2D eigenvalue weighted by Crippen LogP contribution is 2.30. The summed E-state index contributed by atoms with van der Waals surface area (Å²) in [4.78, 5) is 0. The molecule has 0 spiro atoms. The lowest BCUT2D eigenvalue weighted by molar-refractivity contribution is 0.269. The highest BCUT2D eigenvalue weighted by atomic mass is 35.5. The van der Waals surface area contributed by atoms with Crippen molar-refractivity contribution in [2.45, 2.75) is 33.9 Å². The molecule has 0 unspecified atom stereocenters. The van der Waals surface area contributed by atoms with Crippen LogP contribution in [0.15, 0.2) is 60.7 Å². The Morgan fingerprint density at radius 2 is 1.71 bits per heavy atom. The maximum Gasteiger partial charge on any atom is 0.161 e. The third-order valence-corrected chi connectivity index (χ3v) is 4.88. The molecular formula is C24H26ClNO2. The first kappa shape index (κ1) is 20.1. The Labute approximate surface area is 172 Å². The van der Waals surface area contributed by atoms with E-state index in [0.717, 1.165) is 34.9 Å². The van der Waals surface area contributed by atoms with Crippen LogP contribution in [0.5, 0.6) is 11.5 Å². The maximum absolute atomic E-state index is 6.22. The molecule has 3 nitrogen and oxygen atoms in total. The molecule has 28 heavy (non-hydrogen) atoms. The fourth-order valence-electron chi connectivity index (χ4n) is 3.03. The summed E-state index contributed by atoms with van der Waals surface area (Å²) in [5.41, 5.74) is 5.73. The van der Waals surface area contributed by atoms with E-state index in [0.29, 0.717) is 18.2 Å². The van der Waals surface area contributed by atoms with Crippen molar-refractivity contribution in [3.8, 4) is 11.5 Å². The molecule has 0 aliphatic heterocycles. The second kappa shape index (κ2) is 9.52. The Morgan fingerprint density at radius 3 is 2.46 bits per heavy atom. The van der Waals surface area contributed by atoms with Crippen molar-refractivity contribution in [1.82, 2.24) is 0 Å². The molecule has 0 aliphatic rings. The van der Waals surface area contributed by atoms with E-state index in [-0.39, 0.29) is 0 Å². The van der Waals surface area contributed by atoms with Gasteiger partial charge in [0.2, 0.25) is 0 Å². The zero-order chi connectivity index (χ0) is 19.9. The monoisotopic (exact) mass is 395 g/mol. The lowest BCUT2D eigenvalue weighted by Gasteiger charge is -2.15. The number of hydrogen-bond acceptors (Lipinski definition) is 3. The fraction of sp³-hybridized carbons (Fsp3) is 0.250. The zero-order valence-corrected chi connectivity index (χ0v) is 17.3. The summed E-state index contributed by atoms with van der Waals surface area (Å²) in [5.74, 6) is 1.46. The van der Waals surface area contributed by atoms with E-state index in [2.05, 4.69) is 43.4 Å². The molecule has 0 saturated carbocycles.